The summed E-state index contributed by atoms with van der Waals surface area (Å²) in [6.45, 7) is 12.0. The highest BCUT2D eigenvalue weighted by molar-refractivity contribution is 6.34. The monoisotopic (exact) mass is 591 g/mol. The fourth-order valence-corrected chi connectivity index (χ4v) is 7.60. The van der Waals surface area contributed by atoms with Crippen LogP contribution < -0.4 is 9.80 Å². The van der Waals surface area contributed by atoms with Crippen LogP contribution in [-0.4, -0.2) is 71.2 Å². The first-order valence-corrected chi connectivity index (χ1v) is 14.8. The van der Waals surface area contributed by atoms with Crippen molar-refractivity contribution in [2.24, 2.45) is 17.8 Å². The van der Waals surface area contributed by atoms with Crippen LogP contribution in [0, 0.1) is 17.8 Å². The minimum atomic E-state index is -1.23. The summed E-state index contributed by atoms with van der Waals surface area (Å²) in [6, 6.07) is 15.3. The molecular formula is C33H38ClN3O5. The van der Waals surface area contributed by atoms with Crippen LogP contribution in [0.2, 0.25) is 5.02 Å². The number of anilines is 2. The van der Waals surface area contributed by atoms with Crippen molar-refractivity contribution < 1.29 is 24.2 Å². The Morgan fingerprint density at radius 2 is 1.71 bits per heavy atom. The molecule has 3 aliphatic heterocycles. The second-order valence-electron chi connectivity index (χ2n) is 11.6. The van der Waals surface area contributed by atoms with Gasteiger partial charge in [-0.3, -0.25) is 14.4 Å². The molecule has 3 heterocycles. The lowest BCUT2D eigenvalue weighted by atomic mass is 9.62. The highest BCUT2D eigenvalue weighted by Gasteiger charge is 2.80. The van der Waals surface area contributed by atoms with E-state index in [2.05, 4.69) is 13.2 Å². The Morgan fingerprint density at radius 1 is 1.07 bits per heavy atom. The topological polar surface area (TPSA) is 90.4 Å². The summed E-state index contributed by atoms with van der Waals surface area (Å²) in [5, 5.41) is 10.1. The van der Waals surface area contributed by atoms with Gasteiger partial charge in [-0.2, -0.15) is 0 Å². The van der Waals surface area contributed by atoms with E-state index in [1.165, 1.54) is 9.80 Å². The van der Waals surface area contributed by atoms with Crippen molar-refractivity contribution in [3.05, 3.63) is 84.9 Å². The van der Waals surface area contributed by atoms with Gasteiger partial charge in [0.05, 0.1) is 28.1 Å². The first-order valence-electron chi connectivity index (χ1n) is 14.4. The number of amides is 3. The molecule has 222 valence electrons. The zero-order chi connectivity index (χ0) is 30.2. The Morgan fingerprint density at radius 3 is 2.36 bits per heavy atom. The third-order valence-electron chi connectivity index (χ3n) is 9.24. The fourth-order valence-electron chi connectivity index (χ4n) is 7.36. The molecule has 0 saturated carbocycles. The summed E-state index contributed by atoms with van der Waals surface area (Å²) >= 11 is 6.54. The largest absolute Gasteiger partial charge is 0.396 e. The summed E-state index contributed by atoms with van der Waals surface area (Å²) in [6.07, 6.45) is 3.99. The van der Waals surface area contributed by atoms with Crippen molar-refractivity contribution in [2.75, 3.05) is 36.0 Å². The third kappa shape index (κ3) is 4.57. The standard InChI is InChI=1S/C33H38ClN3O5/c1-5-17-35(23-13-8-7-9-14-23)29(39)26-27-30(40)37(19-12-20-38)28(33(27)21-22(3)32(26,4)42-33)31(41)36(18-6-2)25-16-11-10-15-24(25)34/h5-11,13-16,22,26-28,38H,1-2,12,17-21H2,3-4H3/t22?,26-,27+,28?,32+,33?/m1/s1. The maximum Gasteiger partial charge on any atom is 0.253 e. The van der Waals surface area contributed by atoms with E-state index in [1.807, 2.05) is 44.2 Å². The molecule has 6 atom stereocenters. The predicted octanol–water partition coefficient (Wildman–Crippen LogP) is 4.47. The molecule has 0 aromatic heterocycles. The quantitative estimate of drug-likeness (QED) is 0.390. The molecule has 9 heteroatoms. The van der Waals surface area contributed by atoms with E-state index in [9.17, 15) is 19.5 Å². The number of para-hydroxylation sites is 2. The molecule has 3 unspecified atom stereocenters. The van der Waals surface area contributed by atoms with E-state index in [-0.39, 0.29) is 56.3 Å². The van der Waals surface area contributed by atoms with Crippen molar-refractivity contribution in [2.45, 2.75) is 43.9 Å². The van der Waals surface area contributed by atoms with Crippen LogP contribution in [0.4, 0.5) is 11.4 Å². The van der Waals surface area contributed by atoms with Crippen molar-refractivity contribution in [1.29, 1.82) is 0 Å². The number of nitrogens with zero attached hydrogens (tertiary/aromatic N) is 3. The van der Waals surface area contributed by atoms with E-state index in [4.69, 9.17) is 16.3 Å². The second kappa shape index (κ2) is 11.7. The minimum absolute atomic E-state index is 0.113. The van der Waals surface area contributed by atoms with Gasteiger partial charge >= 0.3 is 0 Å². The Labute approximate surface area is 252 Å². The summed E-state index contributed by atoms with van der Waals surface area (Å²) < 4.78 is 6.89. The number of carbonyl (C=O) groups excluding carboxylic acids is 3. The van der Waals surface area contributed by atoms with E-state index >= 15 is 0 Å². The Balaban J connectivity index is 1.62. The van der Waals surface area contributed by atoms with Crippen LogP contribution in [0.15, 0.2) is 79.9 Å². The zero-order valence-electron chi connectivity index (χ0n) is 24.1. The van der Waals surface area contributed by atoms with E-state index in [0.29, 0.717) is 22.8 Å². The normalized spacial score (nSPS) is 29.3. The molecule has 2 aromatic rings. The van der Waals surface area contributed by atoms with Crippen LogP contribution in [0.25, 0.3) is 0 Å². The second-order valence-corrected chi connectivity index (χ2v) is 12.0. The van der Waals surface area contributed by atoms with Crippen LogP contribution in [-0.2, 0) is 19.1 Å². The number of hydrogen-bond donors (Lipinski definition) is 1. The van der Waals surface area contributed by atoms with Gasteiger partial charge in [-0.15, -0.1) is 13.2 Å². The maximum absolute atomic E-state index is 14.7. The molecule has 3 saturated heterocycles. The number of fused-ring (bicyclic) bond motifs is 1. The number of benzene rings is 2. The van der Waals surface area contributed by atoms with E-state index < -0.39 is 29.1 Å². The van der Waals surface area contributed by atoms with Gasteiger partial charge in [0, 0.05) is 31.9 Å². The Bertz CT molecular complexity index is 1380. The number of aliphatic hydroxyl groups is 1. The van der Waals surface area contributed by atoms with E-state index in [0.717, 1.165) is 0 Å². The van der Waals surface area contributed by atoms with Gasteiger partial charge in [0.1, 0.15) is 11.6 Å². The number of halogens is 1. The zero-order valence-corrected chi connectivity index (χ0v) is 24.9. The highest BCUT2D eigenvalue weighted by atomic mass is 35.5. The van der Waals surface area contributed by atoms with Gasteiger partial charge in [-0.1, -0.05) is 61.0 Å². The lowest BCUT2D eigenvalue weighted by molar-refractivity contribution is -0.146. The summed E-state index contributed by atoms with van der Waals surface area (Å²) in [4.78, 5) is 48.3. The summed E-state index contributed by atoms with van der Waals surface area (Å²) in [5.41, 5.74) is -1.00. The predicted molar refractivity (Wildman–Crippen MR) is 163 cm³/mol. The molecule has 2 bridgehead atoms. The number of carbonyl (C=O) groups is 3. The number of hydrogen-bond acceptors (Lipinski definition) is 5. The lowest BCUT2D eigenvalue weighted by Gasteiger charge is -2.39. The van der Waals surface area contributed by atoms with E-state index in [1.54, 1.807) is 41.3 Å². The molecule has 2 aromatic carbocycles. The van der Waals surface area contributed by atoms with Gasteiger partial charge in [-0.05, 0) is 49.9 Å². The average molecular weight is 592 g/mol. The summed E-state index contributed by atoms with van der Waals surface area (Å²) in [5.74, 6) is -2.70. The summed E-state index contributed by atoms with van der Waals surface area (Å²) in [7, 11) is 0. The smallest absolute Gasteiger partial charge is 0.253 e. The molecule has 3 aliphatic rings. The van der Waals surface area contributed by atoms with Crippen LogP contribution in [0.5, 0.6) is 0 Å². The van der Waals surface area contributed by atoms with Crippen molar-refractivity contribution in [3.63, 3.8) is 0 Å². The van der Waals surface area contributed by atoms with Crippen molar-refractivity contribution >= 4 is 40.7 Å². The Kier molecular flexibility index (Phi) is 8.34. The number of rotatable bonds is 11. The van der Waals surface area contributed by atoms with Crippen molar-refractivity contribution in [3.8, 4) is 0 Å². The first-order chi connectivity index (χ1) is 20.2. The molecule has 5 rings (SSSR count). The van der Waals surface area contributed by atoms with Gasteiger partial charge < -0.3 is 24.5 Å². The number of ether oxygens (including phenoxy) is 1. The third-order valence-corrected chi connectivity index (χ3v) is 9.56. The van der Waals surface area contributed by atoms with Gasteiger partial charge in [0.2, 0.25) is 11.8 Å². The maximum atomic E-state index is 14.7. The fraction of sp³-hybridized carbons (Fsp3) is 0.424. The minimum Gasteiger partial charge on any atom is -0.396 e. The molecule has 0 aliphatic carbocycles. The number of aliphatic hydroxyl groups excluding tert-OH is 1. The van der Waals surface area contributed by atoms with Gasteiger partial charge in [-0.25, -0.2) is 0 Å². The van der Waals surface area contributed by atoms with Gasteiger partial charge in [0.25, 0.3) is 5.91 Å². The average Bonchev–Trinajstić information content (AvgIpc) is 3.50. The first kappa shape index (κ1) is 30.0. The van der Waals surface area contributed by atoms with Crippen LogP contribution in [0.1, 0.15) is 26.7 Å². The Hall–Kier alpha value is -3.46. The molecular weight excluding hydrogens is 554 g/mol. The van der Waals surface area contributed by atoms with Gasteiger partial charge in [0.15, 0.2) is 0 Å². The molecule has 42 heavy (non-hydrogen) atoms. The molecule has 8 nitrogen and oxygen atoms in total. The van der Waals surface area contributed by atoms with Crippen molar-refractivity contribution in [1.82, 2.24) is 4.90 Å². The molecule has 1 N–H and O–H groups in total. The van der Waals surface area contributed by atoms with Crippen LogP contribution >= 0.6 is 11.6 Å². The lowest BCUT2D eigenvalue weighted by Crippen LogP contribution is -2.57. The molecule has 3 fully saturated rings. The number of likely N-dealkylation sites (tertiary alicyclic amines) is 1. The molecule has 3 amide bonds. The molecule has 0 radical (unpaired) electrons. The highest BCUT2D eigenvalue weighted by Crippen LogP contribution is 2.65. The SMILES string of the molecule is C=CCN(C(=O)[C@H]1[C@H]2C(=O)N(CCCO)C(C(=O)N(CC=C)c3ccccc3Cl)C23CC(C)[C@]1(C)O3)c1ccccc1. The molecule has 1 spiro atoms. The van der Waals surface area contributed by atoms with Crippen LogP contribution in [0.3, 0.4) is 0 Å².